The lowest BCUT2D eigenvalue weighted by Crippen LogP contribution is -2.39. The minimum absolute atomic E-state index is 0.0308. The molecule has 0 saturated carbocycles. The Kier molecular flexibility index (Phi) is 6.57. The van der Waals surface area contributed by atoms with Crippen molar-refractivity contribution in [2.75, 3.05) is 25.1 Å². The number of nitrogens with one attached hydrogen (secondary N) is 2. The first-order chi connectivity index (χ1) is 12.2. The zero-order chi connectivity index (χ0) is 17.6. The smallest absolute Gasteiger partial charge is 0.224 e. The summed E-state index contributed by atoms with van der Waals surface area (Å²) in [5, 5.41) is 7.09. The molecule has 1 aromatic rings. The average molecular weight is 367 g/mol. The molecule has 138 valence electrons. The summed E-state index contributed by atoms with van der Waals surface area (Å²) in [6.07, 6.45) is 5.23. The van der Waals surface area contributed by atoms with Crippen molar-refractivity contribution in [1.82, 2.24) is 5.32 Å². The van der Waals surface area contributed by atoms with Crippen LogP contribution in [-0.4, -0.2) is 37.8 Å². The van der Waals surface area contributed by atoms with Gasteiger partial charge in [-0.1, -0.05) is 17.7 Å². The molecule has 0 radical (unpaired) electrons. The lowest BCUT2D eigenvalue weighted by Gasteiger charge is -2.28. The topological polar surface area (TPSA) is 59.6 Å². The molecule has 2 saturated heterocycles. The van der Waals surface area contributed by atoms with Crippen molar-refractivity contribution in [3.8, 4) is 5.75 Å². The second kappa shape index (κ2) is 8.88. The SMILES string of the molecule is CCOCCOc1c(Cl)cccc1NC(=O)CC1CC2CCC(C1)N2. The highest BCUT2D eigenvalue weighted by Crippen LogP contribution is 2.35. The number of piperidine rings is 1. The van der Waals surface area contributed by atoms with Gasteiger partial charge in [-0.3, -0.25) is 4.79 Å². The number of rotatable bonds is 8. The van der Waals surface area contributed by atoms with Crippen LogP contribution in [0.4, 0.5) is 5.69 Å². The van der Waals surface area contributed by atoms with Crippen LogP contribution in [0.2, 0.25) is 5.02 Å². The maximum absolute atomic E-state index is 12.5. The van der Waals surface area contributed by atoms with Gasteiger partial charge in [-0.25, -0.2) is 0 Å². The van der Waals surface area contributed by atoms with Crippen LogP contribution in [0.3, 0.4) is 0 Å². The normalized spacial score (nSPS) is 25.0. The van der Waals surface area contributed by atoms with E-state index in [0.29, 0.717) is 60.7 Å². The molecule has 3 rings (SSSR count). The van der Waals surface area contributed by atoms with Gasteiger partial charge in [0.2, 0.25) is 5.91 Å². The molecule has 1 aromatic carbocycles. The van der Waals surface area contributed by atoms with E-state index in [-0.39, 0.29) is 5.91 Å². The monoisotopic (exact) mass is 366 g/mol. The van der Waals surface area contributed by atoms with Gasteiger partial charge in [-0.2, -0.15) is 0 Å². The molecule has 0 aromatic heterocycles. The highest BCUT2D eigenvalue weighted by atomic mass is 35.5. The van der Waals surface area contributed by atoms with Crippen LogP contribution in [0.15, 0.2) is 18.2 Å². The van der Waals surface area contributed by atoms with Crippen molar-refractivity contribution in [2.45, 2.75) is 51.1 Å². The van der Waals surface area contributed by atoms with Gasteiger partial charge in [0.1, 0.15) is 6.61 Å². The molecule has 2 N–H and O–H groups in total. The summed E-state index contributed by atoms with van der Waals surface area (Å²) in [7, 11) is 0. The Labute approximate surface area is 154 Å². The van der Waals surface area contributed by atoms with E-state index < -0.39 is 0 Å². The van der Waals surface area contributed by atoms with Crippen molar-refractivity contribution in [2.24, 2.45) is 5.92 Å². The maximum atomic E-state index is 12.5. The van der Waals surface area contributed by atoms with E-state index in [9.17, 15) is 4.79 Å². The Morgan fingerprint density at radius 2 is 2.04 bits per heavy atom. The van der Waals surface area contributed by atoms with Crippen LogP contribution in [0, 0.1) is 5.92 Å². The first-order valence-corrected chi connectivity index (χ1v) is 9.58. The van der Waals surface area contributed by atoms with Crippen molar-refractivity contribution in [3.63, 3.8) is 0 Å². The third-order valence-electron chi connectivity index (χ3n) is 4.96. The molecule has 2 heterocycles. The summed E-state index contributed by atoms with van der Waals surface area (Å²) in [6, 6.07) is 6.60. The lowest BCUT2D eigenvalue weighted by molar-refractivity contribution is -0.117. The second-order valence-electron chi connectivity index (χ2n) is 6.89. The fourth-order valence-corrected chi connectivity index (χ4v) is 4.14. The highest BCUT2D eigenvalue weighted by Gasteiger charge is 2.34. The first-order valence-electron chi connectivity index (χ1n) is 9.20. The molecule has 2 atom stereocenters. The predicted octanol–water partition coefficient (Wildman–Crippen LogP) is 3.61. The summed E-state index contributed by atoms with van der Waals surface area (Å²) in [6.45, 7) is 3.48. The second-order valence-corrected chi connectivity index (χ2v) is 7.30. The fraction of sp³-hybridized carbons (Fsp3) is 0.632. The fourth-order valence-electron chi connectivity index (χ4n) is 3.91. The average Bonchev–Trinajstić information content (AvgIpc) is 2.92. The number of amides is 1. The molecule has 0 aliphatic carbocycles. The molecule has 2 aliphatic heterocycles. The first kappa shape index (κ1) is 18.5. The van der Waals surface area contributed by atoms with E-state index in [1.54, 1.807) is 6.07 Å². The molecule has 2 fully saturated rings. The van der Waals surface area contributed by atoms with Gasteiger partial charge in [0, 0.05) is 25.1 Å². The number of fused-ring (bicyclic) bond motifs is 2. The lowest BCUT2D eigenvalue weighted by atomic mass is 9.89. The van der Waals surface area contributed by atoms with Gasteiger partial charge in [-0.05, 0) is 50.7 Å². The summed E-state index contributed by atoms with van der Waals surface area (Å²) in [5.74, 6) is 1.01. The number of carbonyl (C=O) groups excluding carboxylic acids is 1. The van der Waals surface area contributed by atoms with Gasteiger partial charge in [-0.15, -0.1) is 0 Å². The third kappa shape index (κ3) is 5.09. The summed E-state index contributed by atoms with van der Waals surface area (Å²) < 4.78 is 11.0. The largest absolute Gasteiger partial charge is 0.487 e. The van der Waals surface area contributed by atoms with Crippen LogP contribution in [-0.2, 0) is 9.53 Å². The number of ether oxygens (including phenoxy) is 2. The molecule has 2 unspecified atom stereocenters. The molecule has 6 heteroatoms. The van der Waals surface area contributed by atoms with E-state index in [4.69, 9.17) is 21.1 Å². The Morgan fingerprint density at radius 1 is 1.28 bits per heavy atom. The minimum Gasteiger partial charge on any atom is -0.487 e. The number of hydrogen-bond acceptors (Lipinski definition) is 4. The number of benzene rings is 1. The highest BCUT2D eigenvalue weighted by molar-refractivity contribution is 6.32. The zero-order valence-corrected chi connectivity index (χ0v) is 15.5. The summed E-state index contributed by atoms with van der Waals surface area (Å²) >= 11 is 6.24. The van der Waals surface area contributed by atoms with Crippen LogP contribution in [0.5, 0.6) is 5.75 Å². The van der Waals surface area contributed by atoms with Gasteiger partial charge in [0.15, 0.2) is 5.75 Å². The summed E-state index contributed by atoms with van der Waals surface area (Å²) in [5.41, 5.74) is 0.630. The van der Waals surface area contributed by atoms with E-state index in [1.165, 1.54) is 12.8 Å². The van der Waals surface area contributed by atoms with E-state index in [2.05, 4.69) is 10.6 Å². The number of halogens is 1. The molecule has 25 heavy (non-hydrogen) atoms. The molecule has 0 spiro atoms. The third-order valence-corrected chi connectivity index (χ3v) is 5.26. The molecule has 2 aliphatic rings. The van der Waals surface area contributed by atoms with Crippen molar-refractivity contribution in [3.05, 3.63) is 23.2 Å². The van der Waals surface area contributed by atoms with Gasteiger partial charge in [0.05, 0.1) is 17.3 Å². The Morgan fingerprint density at radius 3 is 2.76 bits per heavy atom. The minimum atomic E-state index is 0.0308. The van der Waals surface area contributed by atoms with Crippen molar-refractivity contribution < 1.29 is 14.3 Å². The van der Waals surface area contributed by atoms with Gasteiger partial charge >= 0.3 is 0 Å². The van der Waals surface area contributed by atoms with Crippen molar-refractivity contribution in [1.29, 1.82) is 0 Å². The molecular weight excluding hydrogens is 340 g/mol. The Balaban J connectivity index is 1.56. The van der Waals surface area contributed by atoms with E-state index in [0.717, 1.165) is 12.8 Å². The maximum Gasteiger partial charge on any atom is 0.224 e. The number of hydrogen-bond donors (Lipinski definition) is 2. The van der Waals surface area contributed by atoms with Gasteiger partial charge in [0.25, 0.3) is 0 Å². The Hall–Kier alpha value is -1.30. The number of carbonyl (C=O) groups is 1. The van der Waals surface area contributed by atoms with Crippen LogP contribution in [0.25, 0.3) is 0 Å². The zero-order valence-electron chi connectivity index (χ0n) is 14.7. The standard InChI is InChI=1S/C19H27ClN2O3/c1-2-24-8-9-25-19-16(20)4-3-5-17(19)22-18(23)12-13-10-14-6-7-15(11-13)21-14/h3-5,13-15,21H,2,6-12H2,1H3,(H,22,23). The molecule has 5 nitrogen and oxygen atoms in total. The van der Waals surface area contributed by atoms with Gasteiger partial charge < -0.3 is 20.1 Å². The number of para-hydroxylation sites is 1. The van der Waals surface area contributed by atoms with Crippen LogP contribution >= 0.6 is 11.6 Å². The van der Waals surface area contributed by atoms with Crippen LogP contribution in [0.1, 0.15) is 39.0 Å². The molecule has 2 bridgehead atoms. The van der Waals surface area contributed by atoms with Crippen LogP contribution < -0.4 is 15.4 Å². The Bertz CT molecular complexity index is 584. The summed E-state index contributed by atoms with van der Waals surface area (Å²) in [4.78, 5) is 12.5. The molecular formula is C19H27ClN2O3. The predicted molar refractivity (Wildman–Crippen MR) is 99.4 cm³/mol. The number of anilines is 1. The quantitative estimate of drug-likeness (QED) is 0.690. The van der Waals surface area contributed by atoms with Crippen molar-refractivity contribution >= 4 is 23.2 Å². The van der Waals surface area contributed by atoms with E-state index >= 15 is 0 Å². The molecule has 1 amide bonds. The van der Waals surface area contributed by atoms with E-state index in [1.807, 2.05) is 19.1 Å².